The Balaban J connectivity index is 0.000000215. The molecule has 4 saturated heterocycles. The quantitative estimate of drug-likeness (QED) is 0.127. The highest BCUT2D eigenvalue weighted by Crippen LogP contribution is 2.31. The molecule has 4 aromatic rings. The normalized spacial score (nSPS) is 16.7. The third-order valence-corrected chi connectivity index (χ3v) is 14.1. The van der Waals surface area contributed by atoms with Crippen LogP contribution in [0.2, 0.25) is 10.0 Å². The summed E-state index contributed by atoms with van der Waals surface area (Å²) in [7, 11) is 0. The van der Waals surface area contributed by atoms with Gasteiger partial charge in [0, 0.05) is 131 Å². The Morgan fingerprint density at radius 2 is 0.791 bits per heavy atom. The van der Waals surface area contributed by atoms with Gasteiger partial charge in [-0.05, 0) is 98.5 Å². The first kappa shape index (κ1) is 70.3. The van der Waals surface area contributed by atoms with Gasteiger partial charge in [-0.1, -0.05) is 101 Å². The zero-order valence-electron chi connectivity index (χ0n) is 53.5. The number of anilines is 4. The topological polar surface area (TPSA) is 261 Å². The molecule has 1 aromatic carbocycles. The standard InChI is InChI=1S/C19H24Cl2N4O2.C18H30N4O4.C13H22N4O2.C10H20N2O2/c1-19(2,3)16-12-17(23-27-16)22-18(26)25-8-4-7-24(9-10-25)15-6-5-13(20)11-14(15)21;1-17(2,3)13-12-14(20-26-13)19-15(23)21-8-7-9-22(11-10-21)16(24)25-18(4,5)6;1-13(2,3)10-9-11(16-19-10)15-12(18)17-7-4-5-14-6-8-17;1-10(2,3)14-9(13)12-7-4-5-11-6-8-12/h5-6,11-12H,4,7-10H2,1-3H3,(H,22,23,26);12H,7-11H2,1-6H3,(H,19,20,23);9,14H,4-8H2,1-3H3,(H,15,16,18);11H,4-8H2,1-3H3. The van der Waals surface area contributed by atoms with Gasteiger partial charge >= 0.3 is 30.3 Å². The van der Waals surface area contributed by atoms with Crippen molar-refractivity contribution in [1.29, 1.82) is 0 Å². The van der Waals surface area contributed by atoms with Gasteiger partial charge in [-0.3, -0.25) is 16.0 Å². The minimum Gasteiger partial charge on any atom is -0.444 e. The predicted molar refractivity (Wildman–Crippen MR) is 336 cm³/mol. The molecule has 24 nitrogen and oxygen atoms in total. The lowest BCUT2D eigenvalue weighted by molar-refractivity contribution is 0.0250. The molecule has 5 N–H and O–H groups in total. The number of aromatic nitrogens is 3. The largest absolute Gasteiger partial charge is 0.444 e. The monoisotopic (exact) mass is 1240 g/mol. The van der Waals surface area contributed by atoms with Gasteiger partial charge in [0.15, 0.2) is 17.5 Å². The van der Waals surface area contributed by atoms with Crippen molar-refractivity contribution in [3.63, 3.8) is 0 Å². The van der Waals surface area contributed by atoms with E-state index in [4.69, 9.17) is 46.2 Å². The van der Waals surface area contributed by atoms with E-state index in [0.29, 0.717) is 85.5 Å². The zero-order valence-corrected chi connectivity index (χ0v) is 55.0. The summed E-state index contributed by atoms with van der Waals surface area (Å²) in [5, 5.41) is 27.9. The van der Waals surface area contributed by atoms with Gasteiger partial charge in [0.1, 0.15) is 28.5 Å². The van der Waals surface area contributed by atoms with Crippen molar-refractivity contribution in [2.75, 3.05) is 126 Å². The van der Waals surface area contributed by atoms with Crippen LogP contribution in [0.5, 0.6) is 0 Å². The third-order valence-electron chi connectivity index (χ3n) is 13.5. The fraction of sp³-hybridized carbons (Fsp3) is 0.667. The van der Waals surface area contributed by atoms with E-state index < -0.39 is 11.2 Å². The molecule has 0 unspecified atom stereocenters. The van der Waals surface area contributed by atoms with Crippen molar-refractivity contribution < 1.29 is 47.0 Å². The van der Waals surface area contributed by atoms with Crippen LogP contribution in [0.1, 0.15) is 147 Å². The van der Waals surface area contributed by atoms with Crippen LogP contribution >= 0.6 is 23.2 Å². The van der Waals surface area contributed by atoms with E-state index in [1.165, 1.54) is 0 Å². The summed E-state index contributed by atoms with van der Waals surface area (Å²) in [6, 6.07) is 10.3. The summed E-state index contributed by atoms with van der Waals surface area (Å²) >= 11 is 12.3. The number of rotatable bonds is 4. The van der Waals surface area contributed by atoms with Crippen molar-refractivity contribution in [3.8, 4) is 0 Å². The molecule has 480 valence electrons. The average Bonchev–Trinajstić information content (AvgIpc) is 4.14. The van der Waals surface area contributed by atoms with Crippen molar-refractivity contribution in [2.24, 2.45) is 0 Å². The Morgan fingerprint density at radius 1 is 0.442 bits per heavy atom. The first-order chi connectivity index (χ1) is 40.1. The predicted octanol–water partition coefficient (Wildman–Crippen LogP) is 11.5. The Morgan fingerprint density at radius 3 is 1.20 bits per heavy atom. The molecule has 0 atom stereocenters. The fourth-order valence-corrected chi connectivity index (χ4v) is 9.29. The Hall–Kier alpha value is -6.50. The number of nitrogens with one attached hydrogen (secondary N) is 5. The molecule has 7 heterocycles. The number of ether oxygens (including phenoxy) is 2. The molecule has 3 aromatic heterocycles. The molecular weight excluding hydrogens is 1150 g/mol. The van der Waals surface area contributed by atoms with Crippen LogP contribution in [0.4, 0.5) is 47.1 Å². The van der Waals surface area contributed by atoms with E-state index in [2.05, 4.69) is 47.0 Å². The first-order valence-electron chi connectivity index (χ1n) is 29.8. The Bertz CT molecular complexity index is 2790. The average molecular weight is 1240 g/mol. The maximum Gasteiger partial charge on any atom is 0.410 e. The van der Waals surface area contributed by atoms with Crippen LogP contribution in [0, 0.1) is 0 Å². The SMILES string of the molecule is CC(C)(C)OC(=O)N1CCCN(C(=O)Nc2cc(C(C)(C)C)on2)CC1.CC(C)(C)OC(=O)N1CCCNCC1.CC(C)(C)c1cc(NC(=O)N2CCCN(c3ccc(Cl)cc3Cl)CC2)no1.CC(C)(C)c1cc(NC(=O)N2CCCNCC2)no1. The number of carbonyl (C=O) groups excluding carboxylic acids is 5. The molecule has 0 spiro atoms. The van der Waals surface area contributed by atoms with Crippen LogP contribution in [-0.4, -0.2) is 186 Å². The van der Waals surface area contributed by atoms with E-state index in [9.17, 15) is 24.0 Å². The summed E-state index contributed by atoms with van der Waals surface area (Å²) in [4.78, 5) is 71.9. The molecule has 4 fully saturated rings. The van der Waals surface area contributed by atoms with Gasteiger partial charge in [0.05, 0.1) is 10.7 Å². The number of nitrogens with zero attached hydrogens (tertiary/aromatic N) is 9. The van der Waals surface area contributed by atoms with E-state index >= 15 is 0 Å². The van der Waals surface area contributed by atoms with Gasteiger partial charge in [-0.2, -0.15) is 0 Å². The number of carbonyl (C=O) groups is 5. The fourth-order valence-electron chi connectivity index (χ4n) is 8.76. The summed E-state index contributed by atoms with van der Waals surface area (Å²) in [6.45, 7) is 40.9. The third kappa shape index (κ3) is 24.0. The lowest BCUT2D eigenvalue weighted by atomic mass is 9.93. The maximum atomic E-state index is 12.6. The van der Waals surface area contributed by atoms with Crippen molar-refractivity contribution in [1.82, 2.24) is 50.6 Å². The van der Waals surface area contributed by atoms with Crippen molar-refractivity contribution in [2.45, 2.75) is 157 Å². The molecule has 0 radical (unpaired) electrons. The van der Waals surface area contributed by atoms with Crippen molar-refractivity contribution >= 4 is 76.6 Å². The maximum absolute atomic E-state index is 12.6. The van der Waals surface area contributed by atoms with E-state index in [1.54, 1.807) is 48.8 Å². The number of hydrogen-bond donors (Lipinski definition) is 5. The van der Waals surface area contributed by atoms with E-state index in [0.717, 1.165) is 95.4 Å². The summed E-state index contributed by atoms with van der Waals surface area (Å²) in [5.74, 6) is 3.52. The van der Waals surface area contributed by atoms with Crippen LogP contribution < -0.4 is 31.5 Å². The summed E-state index contributed by atoms with van der Waals surface area (Å²) in [6.07, 6.45) is 2.97. The van der Waals surface area contributed by atoms with E-state index in [1.807, 2.05) is 116 Å². The smallest absolute Gasteiger partial charge is 0.410 e. The Labute approximate surface area is 518 Å². The van der Waals surface area contributed by atoms with Gasteiger partial charge in [-0.25, -0.2) is 24.0 Å². The molecule has 4 aliphatic rings. The zero-order chi connectivity index (χ0) is 63.6. The minimum atomic E-state index is -0.530. The van der Waals surface area contributed by atoms with Gasteiger partial charge < -0.3 is 63.1 Å². The first-order valence-corrected chi connectivity index (χ1v) is 30.6. The molecule has 8 rings (SSSR count). The van der Waals surface area contributed by atoms with Gasteiger partial charge in [0.25, 0.3) is 0 Å². The van der Waals surface area contributed by atoms with Gasteiger partial charge in [-0.15, -0.1) is 0 Å². The number of urea groups is 3. The lowest BCUT2D eigenvalue weighted by Crippen LogP contribution is -2.41. The molecule has 86 heavy (non-hydrogen) atoms. The molecule has 4 aliphatic heterocycles. The second-order valence-corrected chi connectivity index (χ2v) is 27.5. The van der Waals surface area contributed by atoms with Crippen molar-refractivity contribution in [3.05, 3.63) is 63.7 Å². The number of benzene rings is 1. The highest BCUT2D eigenvalue weighted by atomic mass is 35.5. The molecular formula is C60H96Cl2N14O10. The van der Waals surface area contributed by atoms with Crippen LogP contribution in [0.15, 0.2) is 50.0 Å². The lowest BCUT2D eigenvalue weighted by Gasteiger charge is -2.26. The molecule has 26 heteroatoms. The van der Waals surface area contributed by atoms with Crippen LogP contribution in [0.25, 0.3) is 0 Å². The number of halogens is 2. The second kappa shape index (κ2) is 31.4. The van der Waals surface area contributed by atoms with Crippen LogP contribution in [-0.2, 0) is 25.7 Å². The molecule has 0 bridgehead atoms. The highest BCUT2D eigenvalue weighted by Gasteiger charge is 2.29. The summed E-state index contributed by atoms with van der Waals surface area (Å²) < 4.78 is 26.5. The number of amides is 8. The number of hydrogen-bond acceptors (Lipinski definition) is 16. The van der Waals surface area contributed by atoms with Gasteiger partial charge in [0.2, 0.25) is 0 Å². The second-order valence-electron chi connectivity index (χ2n) is 26.7. The molecule has 8 amide bonds. The molecule has 0 saturated carbocycles. The summed E-state index contributed by atoms with van der Waals surface area (Å²) in [5.41, 5.74) is -0.421. The Kier molecular flexibility index (Phi) is 25.7. The highest BCUT2D eigenvalue weighted by molar-refractivity contribution is 6.36. The minimum absolute atomic E-state index is 0.109. The van der Waals surface area contributed by atoms with E-state index in [-0.39, 0.29) is 46.5 Å². The van der Waals surface area contributed by atoms with Crippen LogP contribution in [0.3, 0.4) is 0 Å². The molecule has 0 aliphatic carbocycles.